The van der Waals surface area contributed by atoms with Gasteiger partial charge in [-0.15, -0.1) is 0 Å². The van der Waals surface area contributed by atoms with E-state index in [2.05, 4.69) is 24.0 Å². The molecule has 1 saturated heterocycles. The summed E-state index contributed by atoms with van der Waals surface area (Å²) in [7, 11) is 4.12. The van der Waals surface area contributed by atoms with Crippen LogP contribution in [0.15, 0.2) is 6.20 Å². The van der Waals surface area contributed by atoms with Crippen molar-refractivity contribution in [2.45, 2.75) is 57.7 Å². The molecule has 2 unspecified atom stereocenters. The summed E-state index contributed by atoms with van der Waals surface area (Å²) in [6.07, 6.45) is 7.22. The second kappa shape index (κ2) is 5.79. The molecule has 5 nitrogen and oxygen atoms in total. The van der Waals surface area contributed by atoms with Gasteiger partial charge in [-0.25, -0.2) is 0 Å². The summed E-state index contributed by atoms with van der Waals surface area (Å²) in [5.41, 5.74) is 1.96. The zero-order chi connectivity index (χ0) is 15.0. The largest absolute Gasteiger partial charge is 0.339 e. The molecule has 2 aliphatic heterocycles. The molecule has 2 atom stereocenters. The fraction of sp³-hybridized carbons (Fsp3) is 0.750. The Kier molecular flexibility index (Phi) is 4.02. The number of fused-ring (bicyclic) bond motifs is 1. The quantitative estimate of drug-likeness (QED) is 0.833. The molecule has 0 saturated carbocycles. The SMILES string of the molecule is CC1CC(N(C)C(=O)c2cnn3c2CCCC3)CCN1C. The number of amides is 1. The van der Waals surface area contributed by atoms with Gasteiger partial charge in [-0.3, -0.25) is 9.48 Å². The van der Waals surface area contributed by atoms with Crippen LogP contribution in [-0.4, -0.2) is 58.2 Å². The predicted octanol–water partition coefficient (Wildman–Crippen LogP) is 1.77. The number of piperidine rings is 1. The van der Waals surface area contributed by atoms with Crippen LogP contribution in [0.1, 0.15) is 48.7 Å². The summed E-state index contributed by atoms with van der Waals surface area (Å²) >= 11 is 0. The Morgan fingerprint density at radius 1 is 1.38 bits per heavy atom. The van der Waals surface area contributed by atoms with Crippen molar-refractivity contribution in [2.24, 2.45) is 0 Å². The summed E-state index contributed by atoms with van der Waals surface area (Å²) in [4.78, 5) is 17.2. The van der Waals surface area contributed by atoms with E-state index in [1.54, 1.807) is 6.20 Å². The van der Waals surface area contributed by atoms with Gasteiger partial charge in [0.1, 0.15) is 0 Å². The van der Waals surface area contributed by atoms with E-state index < -0.39 is 0 Å². The summed E-state index contributed by atoms with van der Waals surface area (Å²) in [6.45, 7) is 4.26. The van der Waals surface area contributed by atoms with Crippen molar-refractivity contribution in [3.63, 3.8) is 0 Å². The van der Waals surface area contributed by atoms with Gasteiger partial charge in [0, 0.05) is 32.2 Å². The molecule has 0 N–H and O–H groups in total. The highest BCUT2D eigenvalue weighted by atomic mass is 16.2. The Morgan fingerprint density at radius 3 is 2.95 bits per heavy atom. The van der Waals surface area contributed by atoms with Crippen molar-refractivity contribution in [3.05, 3.63) is 17.5 Å². The van der Waals surface area contributed by atoms with Crippen LogP contribution in [0.25, 0.3) is 0 Å². The minimum absolute atomic E-state index is 0.153. The van der Waals surface area contributed by atoms with E-state index in [9.17, 15) is 4.79 Å². The standard InChI is InChI=1S/C16H26N4O/c1-12-10-13(7-9-18(12)2)19(3)16(21)14-11-17-20-8-5-4-6-15(14)20/h11-13H,4-10H2,1-3H3. The zero-order valence-corrected chi connectivity index (χ0v) is 13.4. The second-order valence-electron chi connectivity index (χ2n) is 6.61. The molecule has 0 bridgehead atoms. The van der Waals surface area contributed by atoms with Gasteiger partial charge in [0.2, 0.25) is 0 Å². The van der Waals surface area contributed by atoms with E-state index in [-0.39, 0.29) is 5.91 Å². The first-order chi connectivity index (χ1) is 10.1. The highest BCUT2D eigenvalue weighted by Gasteiger charge is 2.30. The maximum absolute atomic E-state index is 12.8. The molecule has 5 heteroatoms. The molecular weight excluding hydrogens is 264 g/mol. The van der Waals surface area contributed by atoms with Crippen molar-refractivity contribution in [3.8, 4) is 0 Å². The average Bonchev–Trinajstić information content (AvgIpc) is 2.92. The van der Waals surface area contributed by atoms with Crippen LogP contribution < -0.4 is 0 Å². The number of aryl methyl sites for hydroxylation is 1. The molecule has 2 aliphatic rings. The Bertz CT molecular complexity index is 524. The van der Waals surface area contributed by atoms with Gasteiger partial charge < -0.3 is 9.80 Å². The third-order valence-electron chi connectivity index (χ3n) is 5.26. The monoisotopic (exact) mass is 290 g/mol. The number of hydrogen-bond acceptors (Lipinski definition) is 3. The van der Waals surface area contributed by atoms with Gasteiger partial charge in [0.05, 0.1) is 17.5 Å². The molecule has 0 spiro atoms. The molecule has 0 aliphatic carbocycles. The third-order valence-corrected chi connectivity index (χ3v) is 5.26. The number of carbonyl (C=O) groups is 1. The summed E-state index contributed by atoms with van der Waals surface area (Å²) < 4.78 is 2.02. The minimum Gasteiger partial charge on any atom is -0.339 e. The average molecular weight is 290 g/mol. The molecule has 3 rings (SSSR count). The van der Waals surface area contributed by atoms with Gasteiger partial charge in [-0.1, -0.05) is 0 Å². The highest BCUT2D eigenvalue weighted by molar-refractivity contribution is 5.95. The first-order valence-corrected chi connectivity index (χ1v) is 8.10. The van der Waals surface area contributed by atoms with Crippen LogP contribution in [0.3, 0.4) is 0 Å². The van der Waals surface area contributed by atoms with Crippen LogP contribution in [0, 0.1) is 0 Å². The maximum Gasteiger partial charge on any atom is 0.257 e. The van der Waals surface area contributed by atoms with E-state index in [1.807, 2.05) is 16.6 Å². The predicted molar refractivity (Wildman–Crippen MR) is 82.4 cm³/mol. The zero-order valence-electron chi connectivity index (χ0n) is 13.4. The van der Waals surface area contributed by atoms with Crippen molar-refractivity contribution in [1.82, 2.24) is 19.6 Å². The number of hydrogen-bond donors (Lipinski definition) is 0. The molecule has 1 aromatic rings. The van der Waals surface area contributed by atoms with Crippen molar-refractivity contribution in [1.29, 1.82) is 0 Å². The summed E-state index contributed by atoms with van der Waals surface area (Å²) in [5, 5.41) is 4.39. The molecule has 0 radical (unpaired) electrons. The summed E-state index contributed by atoms with van der Waals surface area (Å²) in [6, 6.07) is 0.892. The Hall–Kier alpha value is -1.36. The molecule has 21 heavy (non-hydrogen) atoms. The lowest BCUT2D eigenvalue weighted by Crippen LogP contribution is -2.48. The summed E-state index contributed by atoms with van der Waals surface area (Å²) in [5.74, 6) is 0.153. The Balaban J connectivity index is 1.74. The van der Waals surface area contributed by atoms with E-state index >= 15 is 0 Å². The molecule has 3 heterocycles. The molecule has 1 aromatic heterocycles. The molecule has 1 fully saturated rings. The van der Waals surface area contributed by atoms with Crippen LogP contribution in [-0.2, 0) is 13.0 Å². The third kappa shape index (κ3) is 2.71. The first kappa shape index (κ1) is 14.6. The van der Waals surface area contributed by atoms with E-state index in [1.165, 1.54) is 12.8 Å². The molecule has 0 aromatic carbocycles. The number of nitrogens with zero attached hydrogens (tertiary/aromatic N) is 4. The van der Waals surface area contributed by atoms with Gasteiger partial charge in [-0.05, 0) is 46.1 Å². The normalized spacial score (nSPS) is 26.4. The number of likely N-dealkylation sites (tertiary alicyclic amines) is 1. The van der Waals surface area contributed by atoms with Gasteiger partial charge in [0.25, 0.3) is 5.91 Å². The molecule has 116 valence electrons. The van der Waals surface area contributed by atoms with Crippen molar-refractivity contribution in [2.75, 3.05) is 20.6 Å². The first-order valence-electron chi connectivity index (χ1n) is 8.10. The number of aromatic nitrogens is 2. The van der Waals surface area contributed by atoms with E-state index in [0.29, 0.717) is 12.1 Å². The van der Waals surface area contributed by atoms with E-state index in [0.717, 1.165) is 43.6 Å². The number of carbonyl (C=O) groups excluding carboxylic acids is 1. The van der Waals surface area contributed by atoms with Gasteiger partial charge in [0.15, 0.2) is 0 Å². The lowest BCUT2D eigenvalue weighted by atomic mass is 9.97. The fourth-order valence-electron chi connectivity index (χ4n) is 3.57. The number of rotatable bonds is 2. The van der Waals surface area contributed by atoms with Crippen LogP contribution >= 0.6 is 0 Å². The lowest BCUT2D eigenvalue weighted by molar-refractivity contribution is 0.0597. The maximum atomic E-state index is 12.8. The Labute approximate surface area is 126 Å². The highest BCUT2D eigenvalue weighted by Crippen LogP contribution is 2.24. The molecular formula is C16H26N4O. The van der Waals surface area contributed by atoms with Gasteiger partial charge in [-0.2, -0.15) is 5.10 Å². The van der Waals surface area contributed by atoms with Crippen LogP contribution in [0.4, 0.5) is 0 Å². The second-order valence-corrected chi connectivity index (χ2v) is 6.61. The van der Waals surface area contributed by atoms with Gasteiger partial charge >= 0.3 is 0 Å². The fourth-order valence-corrected chi connectivity index (χ4v) is 3.57. The van der Waals surface area contributed by atoms with E-state index in [4.69, 9.17) is 0 Å². The topological polar surface area (TPSA) is 41.4 Å². The van der Waals surface area contributed by atoms with Crippen LogP contribution in [0.5, 0.6) is 0 Å². The molecule has 1 amide bonds. The minimum atomic E-state index is 0.153. The lowest BCUT2D eigenvalue weighted by Gasteiger charge is -2.39. The Morgan fingerprint density at radius 2 is 2.19 bits per heavy atom. The van der Waals surface area contributed by atoms with Crippen molar-refractivity contribution >= 4 is 5.91 Å². The van der Waals surface area contributed by atoms with Crippen molar-refractivity contribution < 1.29 is 4.79 Å². The van der Waals surface area contributed by atoms with Crippen LogP contribution in [0.2, 0.25) is 0 Å². The smallest absolute Gasteiger partial charge is 0.257 e.